The highest BCUT2D eigenvalue weighted by Crippen LogP contribution is 2.36. The molecule has 3 rings (SSSR count). The van der Waals surface area contributed by atoms with E-state index in [0.29, 0.717) is 23.1 Å². The molecule has 5 nitrogen and oxygen atoms in total. The van der Waals surface area contributed by atoms with E-state index in [2.05, 4.69) is 0 Å². The maximum absolute atomic E-state index is 14.3. The topological polar surface area (TPSA) is 53.0 Å². The number of likely N-dealkylation sites (tertiary alicyclic amines) is 1. The van der Waals surface area contributed by atoms with Gasteiger partial charge in [-0.2, -0.15) is 0 Å². The van der Waals surface area contributed by atoms with Crippen molar-refractivity contribution < 1.29 is 19.0 Å². The average Bonchev–Trinajstić information content (AvgIpc) is 2.56. The van der Waals surface area contributed by atoms with Crippen LogP contribution >= 0.6 is 0 Å². The normalized spacial score (nSPS) is 19.5. The van der Waals surface area contributed by atoms with Crippen LogP contribution in [0.2, 0.25) is 0 Å². The Labute approximate surface area is 142 Å². The second-order valence-corrected chi connectivity index (χ2v) is 6.72. The average molecular weight is 336 g/mol. The Hall–Kier alpha value is -1.66. The van der Waals surface area contributed by atoms with Crippen molar-refractivity contribution in [1.29, 1.82) is 0 Å². The summed E-state index contributed by atoms with van der Waals surface area (Å²) in [6.07, 6.45) is 2.01. The van der Waals surface area contributed by atoms with Gasteiger partial charge < -0.3 is 19.6 Å². The first-order valence-electron chi connectivity index (χ1n) is 8.54. The van der Waals surface area contributed by atoms with Crippen LogP contribution in [-0.4, -0.2) is 55.8 Å². The van der Waals surface area contributed by atoms with Crippen molar-refractivity contribution in [1.82, 2.24) is 4.90 Å². The van der Waals surface area contributed by atoms with Crippen LogP contribution in [0, 0.1) is 17.7 Å². The van der Waals surface area contributed by atoms with Gasteiger partial charge in [0.05, 0.1) is 12.3 Å². The van der Waals surface area contributed by atoms with Crippen molar-refractivity contribution >= 4 is 11.6 Å². The molecule has 24 heavy (non-hydrogen) atoms. The van der Waals surface area contributed by atoms with E-state index >= 15 is 0 Å². The van der Waals surface area contributed by atoms with Gasteiger partial charge in [-0.25, -0.2) is 4.39 Å². The Bertz CT molecular complexity index is 582. The molecule has 0 aromatic heterocycles. The summed E-state index contributed by atoms with van der Waals surface area (Å²) >= 11 is 0. The molecule has 2 heterocycles. The predicted molar refractivity (Wildman–Crippen MR) is 89.2 cm³/mol. The number of halogens is 1. The molecule has 132 valence electrons. The van der Waals surface area contributed by atoms with E-state index in [1.54, 1.807) is 25.3 Å². The number of aliphatic hydroxyl groups excluding tert-OH is 1. The number of carbonyl (C=O) groups is 1. The molecule has 2 aliphatic heterocycles. The number of carbonyl (C=O) groups excluding carboxylic acids is 1. The van der Waals surface area contributed by atoms with E-state index < -0.39 is 0 Å². The van der Waals surface area contributed by atoms with Gasteiger partial charge in [0.15, 0.2) is 5.82 Å². The van der Waals surface area contributed by atoms with Crippen molar-refractivity contribution in [2.45, 2.75) is 19.4 Å². The van der Waals surface area contributed by atoms with E-state index in [4.69, 9.17) is 4.74 Å². The molecule has 0 aliphatic carbocycles. The zero-order valence-corrected chi connectivity index (χ0v) is 14.1. The van der Waals surface area contributed by atoms with E-state index in [-0.39, 0.29) is 24.9 Å². The molecule has 0 saturated carbocycles. The van der Waals surface area contributed by atoms with Gasteiger partial charge in [-0.3, -0.25) is 4.79 Å². The highest BCUT2D eigenvalue weighted by molar-refractivity contribution is 5.77. The van der Waals surface area contributed by atoms with Crippen LogP contribution in [0.4, 0.5) is 10.1 Å². The Balaban J connectivity index is 1.50. The summed E-state index contributed by atoms with van der Waals surface area (Å²) in [5, 5.41) is 9.18. The molecule has 0 radical (unpaired) electrons. The maximum Gasteiger partial charge on any atom is 0.248 e. The molecule has 0 bridgehead atoms. The molecule has 0 spiro atoms. The van der Waals surface area contributed by atoms with Gasteiger partial charge >= 0.3 is 0 Å². The second-order valence-electron chi connectivity index (χ2n) is 6.72. The fraction of sp³-hybridized carbons (Fsp3) is 0.611. The standard InChI is InChI=1S/C18H25FN2O3/c1-24-12-17(23)20-7-5-13(6-8-20)15-9-21(10-15)16-4-2-3-14(11-22)18(16)19/h2-4,13,15,22H,5-12H2,1H3. The number of hydrogen-bond donors (Lipinski definition) is 1. The Morgan fingerprint density at radius 2 is 2.00 bits per heavy atom. The fourth-order valence-electron chi connectivity index (χ4n) is 3.78. The number of benzene rings is 1. The lowest BCUT2D eigenvalue weighted by molar-refractivity contribution is -0.136. The number of amides is 1. The lowest BCUT2D eigenvalue weighted by Crippen LogP contribution is -2.53. The van der Waals surface area contributed by atoms with E-state index in [9.17, 15) is 14.3 Å². The molecular weight excluding hydrogens is 311 g/mol. The molecule has 0 unspecified atom stereocenters. The lowest BCUT2D eigenvalue weighted by atomic mass is 9.79. The SMILES string of the molecule is COCC(=O)N1CCC(C2CN(c3cccc(CO)c3F)C2)CC1. The van der Waals surface area contributed by atoms with E-state index in [1.165, 1.54) is 0 Å². The summed E-state index contributed by atoms with van der Waals surface area (Å²) in [7, 11) is 1.54. The molecule has 2 fully saturated rings. The third-order valence-corrected chi connectivity index (χ3v) is 5.31. The third kappa shape index (κ3) is 3.39. The van der Waals surface area contributed by atoms with Crippen molar-refractivity contribution in [3.8, 4) is 0 Å². The summed E-state index contributed by atoms with van der Waals surface area (Å²) in [5.74, 6) is 0.909. The fourth-order valence-corrected chi connectivity index (χ4v) is 3.78. The Kier molecular flexibility index (Phi) is 5.36. The van der Waals surface area contributed by atoms with Crippen molar-refractivity contribution in [2.75, 3.05) is 44.8 Å². The summed E-state index contributed by atoms with van der Waals surface area (Å²) in [4.78, 5) is 15.7. The zero-order valence-electron chi connectivity index (χ0n) is 14.1. The number of hydrogen-bond acceptors (Lipinski definition) is 4. The van der Waals surface area contributed by atoms with Gasteiger partial charge in [-0.15, -0.1) is 0 Å². The van der Waals surface area contributed by atoms with Crippen LogP contribution in [0.3, 0.4) is 0 Å². The highest BCUT2D eigenvalue weighted by Gasteiger charge is 2.36. The van der Waals surface area contributed by atoms with Crippen molar-refractivity contribution in [3.63, 3.8) is 0 Å². The number of methoxy groups -OCH3 is 1. The van der Waals surface area contributed by atoms with Crippen LogP contribution < -0.4 is 4.90 Å². The van der Waals surface area contributed by atoms with Crippen LogP contribution in [0.15, 0.2) is 18.2 Å². The van der Waals surface area contributed by atoms with Crippen LogP contribution in [0.25, 0.3) is 0 Å². The van der Waals surface area contributed by atoms with Crippen LogP contribution in [0.1, 0.15) is 18.4 Å². The number of aliphatic hydroxyl groups is 1. The molecule has 1 aromatic carbocycles. The minimum Gasteiger partial charge on any atom is -0.392 e. The highest BCUT2D eigenvalue weighted by atomic mass is 19.1. The van der Waals surface area contributed by atoms with Crippen LogP contribution in [-0.2, 0) is 16.1 Å². The van der Waals surface area contributed by atoms with Gasteiger partial charge in [0.2, 0.25) is 5.91 Å². The minimum atomic E-state index is -0.307. The zero-order chi connectivity index (χ0) is 17.1. The van der Waals surface area contributed by atoms with Gasteiger partial charge in [0.25, 0.3) is 0 Å². The van der Waals surface area contributed by atoms with Gasteiger partial charge in [0, 0.05) is 38.9 Å². The maximum atomic E-state index is 14.3. The first kappa shape index (κ1) is 17.2. The van der Waals surface area contributed by atoms with Crippen molar-refractivity contribution in [2.24, 2.45) is 11.8 Å². The quantitative estimate of drug-likeness (QED) is 0.888. The molecule has 2 aliphatic rings. The first-order valence-corrected chi connectivity index (χ1v) is 8.54. The van der Waals surface area contributed by atoms with Gasteiger partial charge in [-0.05, 0) is 30.7 Å². The van der Waals surface area contributed by atoms with Crippen molar-refractivity contribution in [3.05, 3.63) is 29.6 Å². The number of nitrogens with zero attached hydrogens (tertiary/aromatic N) is 2. The molecule has 1 N–H and O–H groups in total. The van der Waals surface area contributed by atoms with E-state index in [0.717, 1.165) is 39.0 Å². The molecule has 6 heteroatoms. The minimum absolute atomic E-state index is 0.0640. The molecule has 2 saturated heterocycles. The third-order valence-electron chi connectivity index (χ3n) is 5.31. The lowest BCUT2D eigenvalue weighted by Gasteiger charge is -2.47. The Morgan fingerprint density at radius 3 is 2.62 bits per heavy atom. The smallest absolute Gasteiger partial charge is 0.248 e. The summed E-state index contributed by atoms with van der Waals surface area (Å²) in [6, 6.07) is 5.18. The molecule has 1 amide bonds. The van der Waals surface area contributed by atoms with Crippen LogP contribution in [0.5, 0.6) is 0 Å². The second kappa shape index (κ2) is 7.49. The predicted octanol–water partition coefficient (Wildman–Crippen LogP) is 1.64. The van der Waals surface area contributed by atoms with Gasteiger partial charge in [-0.1, -0.05) is 12.1 Å². The molecular formula is C18H25FN2O3. The summed E-state index contributed by atoms with van der Waals surface area (Å²) < 4.78 is 19.2. The summed E-state index contributed by atoms with van der Waals surface area (Å²) in [5.41, 5.74) is 0.937. The summed E-state index contributed by atoms with van der Waals surface area (Å²) in [6.45, 7) is 3.16. The molecule has 0 atom stereocenters. The largest absolute Gasteiger partial charge is 0.392 e. The Morgan fingerprint density at radius 1 is 1.29 bits per heavy atom. The first-order chi connectivity index (χ1) is 11.6. The number of anilines is 1. The molecule has 1 aromatic rings. The number of piperidine rings is 1. The van der Waals surface area contributed by atoms with E-state index in [1.807, 2.05) is 9.80 Å². The monoisotopic (exact) mass is 336 g/mol. The number of rotatable bonds is 5. The van der Waals surface area contributed by atoms with Gasteiger partial charge in [0.1, 0.15) is 6.61 Å². The number of ether oxygens (including phenoxy) is 1.